The fraction of sp³-hybridized carbons (Fsp3) is 0.455. The molecule has 0 spiro atoms. The van der Waals surface area contributed by atoms with Gasteiger partial charge in [-0.05, 0) is 50.8 Å². The van der Waals surface area contributed by atoms with E-state index in [1.54, 1.807) is 0 Å². The van der Waals surface area contributed by atoms with Crippen LogP contribution in [-0.4, -0.2) is 17.8 Å². The molecule has 0 aliphatic carbocycles. The van der Waals surface area contributed by atoms with Crippen molar-refractivity contribution in [3.05, 3.63) is 42.5 Å². The van der Waals surface area contributed by atoms with Crippen LogP contribution in [0.25, 0.3) is 0 Å². The van der Waals surface area contributed by atoms with Crippen LogP contribution < -0.4 is 5.46 Å². The minimum absolute atomic E-state index is 0.326. The van der Waals surface area contributed by atoms with Crippen molar-refractivity contribution in [2.45, 2.75) is 84.6 Å². The summed E-state index contributed by atoms with van der Waals surface area (Å²) in [5.41, 5.74) is 0.591. The first-order valence-corrected chi connectivity index (χ1v) is 11.6. The molecule has 0 atom stereocenters. The smallest absolute Gasteiger partial charge is 0.271 e. The van der Waals surface area contributed by atoms with Crippen LogP contribution >= 0.6 is 23.5 Å². The SMILES string of the molecule is CCCC[B-]1(c2cccc3c2Sc2ccccc2S3)OC(C)(C)C(C)(C)O1. The highest BCUT2D eigenvalue weighted by Crippen LogP contribution is 2.50. The quantitative estimate of drug-likeness (QED) is 0.475. The average Bonchev–Trinajstić information content (AvgIpc) is 2.82. The van der Waals surface area contributed by atoms with Crippen LogP contribution in [0.4, 0.5) is 0 Å². The number of rotatable bonds is 4. The van der Waals surface area contributed by atoms with Crippen molar-refractivity contribution in [2.24, 2.45) is 0 Å². The highest BCUT2D eigenvalue weighted by atomic mass is 32.2. The van der Waals surface area contributed by atoms with Gasteiger partial charge in [0.05, 0.1) is 0 Å². The number of unbranched alkanes of at least 4 members (excludes halogenated alkanes) is 1. The second-order valence-corrected chi connectivity index (χ2v) is 10.7. The lowest BCUT2D eigenvalue weighted by Crippen LogP contribution is -2.52. The number of fused-ring (bicyclic) bond motifs is 2. The van der Waals surface area contributed by atoms with Gasteiger partial charge < -0.3 is 9.31 Å². The molecular weight excluding hydrogens is 371 g/mol. The molecule has 0 N–H and O–H groups in total. The Morgan fingerprint density at radius 2 is 1.41 bits per heavy atom. The first-order valence-electron chi connectivity index (χ1n) is 9.92. The van der Waals surface area contributed by atoms with Crippen LogP contribution in [0.3, 0.4) is 0 Å². The zero-order chi connectivity index (χ0) is 19.3. The minimum atomic E-state index is -1.52. The minimum Gasteiger partial charge on any atom is -0.558 e. The van der Waals surface area contributed by atoms with E-state index in [-0.39, 0.29) is 11.2 Å². The lowest BCUT2D eigenvalue weighted by atomic mass is 9.48. The second-order valence-electron chi connectivity index (χ2n) is 8.59. The standard InChI is InChI=1S/C22H28BO2S2/c1-6-7-15-23(24-21(2,3)22(4,5)25-23)16-11-10-14-19-20(16)27-18-13-9-8-12-17(18)26-19/h8-14H,6-7,15H2,1-5H3/q-1. The summed E-state index contributed by atoms with van der Waals surface area (Å²) in [4.78, 5) is 5.27. The van der Waals surface area contributed by atoms with Gasteiger partial charge in [0.25, 0.3) is 6.55 Å². The van der Waals surface area contributed by atoms with E-state index < -0.39 is 6.55 Å². The topological polar surface area (TPSA) is 18.5 Å². The third kappa shape index (κ3) is 3.27. The number of hydrogen-bond donors (Lipinski definition) is 0. The largest absolute Gasteiger partial charge is 0.558 e. The van der Waals surface area contributed by atoms with E-state index in [9.17, 15) is 0 Å². The molecule has 0 aromatic heterocycles. The Morgan fingerprint density at radius 3 is 2.04 bits per heavy atom. The lowest BCUT2D eigenvalue weighted by Gasteiger charge is -2.40. The molecule has 0 unspecified atom stereocenters. The molecule has 2 aromatic rings. The summed E-state index contributed by atoms with van der Waals surface area (Å²) in [6.07, 6.45) is 3.17. The van der Waals surface area contributed by atoms with Gasteiger partial charge in [-0.3, -0.25) is 0 Å². The van der Waals surface area contributed by atoms with Gasteiger partial charge in [-0.15, -0.1) is 11.8 Å². The Bertz CT molecular complexity index is 847. The van der Waals surface area contributed by atoms with E-state index in [4.69, 9.17) is 9.31 Å². The third-order valence-corrected chi connectivity index (χ3v) is 8.75. The van der Waals surface area contributed by atoms with Gasteiger partial charge in [0.15, 0.2) is 0 Å². The van der Waals surface area contributed by atoms with E-state index in [0.29, 0.717) is 0 Å². The molecule has 4 rings (SSSR count). The Hall–Kier alpha value is -0.875. The maximum absolute atomic E-state index is 6.81. The van der Waals surface area contributed by atoms with E-state index in [2.05, 4.69) is 77.1 Å². The maximum atomic E-state index is 6.81. The lowest BCUT2D eigenvalue weighted by molar-refractivity contribution is 0.00578. The van der Waals surface area contributed by atoms with E-state index in [1.807, 2.05) is 23.5 Å². The van der Waals surface area contributed by atoms with Crippen LogP contribution in [-0.2, 0) is 9.31 Å². The monoisotopic (exact) mass is 399 g/mol. The maximum Gasteiger partial charge on any atom is 0.271 e. The van der Waals surface area contributed by atoms with E-state index in [0.717, 1.165) is 19.2 Å². The zero-order valence-electron chi connectivity index (χ0n) is 16.9. The summed E-state index contributed by atoms with van der Waals surface area (Å²) >= 11 is 3.72. The van der Waals surface area contributed by atoms with Gasteiger partial charge in [-0.25, -0.2) is 0 Å². The first kappa shape index (κ1) is 19.4. The molecule has 2 aliphatic rings. The summed E-state index contributed by atoms with van der Waals surface area (Å²) in [7, 11) is 0. The molecule has 0 radical (unpaired) electrons. The second kappa shape index (κ2) is 6.87. The Balaban J connectivity index is 1.82. The summed E-state index contributed by atoms with van der Waals surface area (Å²) in [5, 5.41) is 0. The summed E-state index contributed by atoms with van der Waals surface area (Å²) in [6, 6.07) is 15.3. The van der Waals surface area contributed by atoms with Gasteiger partial charge in [0.2, 0.25) is 0 Å². The van der Waals surface area contributed by atoms with E-state index in [1.165, 1.54) is 25.0 Å². The molecule has 1 saturated heterocycles. The Morgan fingerprint density at radius 1 is 0.815 bits per heavy atom. The molecule has 144 valence electrons. The van der Waals surface area contributed by atoms with Gasteiger partial charge in [-0.1, -0.05) is 67.6 Å². The molecule has 27 heavy (non-hydrogen) atoms. The predicted octanol–water partition coefficient (Wildman–Crippen LogP) is 6.36. The van der Waals surface area contributed by atoms with Gasteiger partial charge in [0.1, 0.15) is 0 Å². The van der Waals surface area contributed by atoms with Crippen LogP contribution in [0.5, 0.6) is 0 Å². The van der Waals surface area contributed by atoms with Crippen LogP contribution in [0, 0.1) is 0 Å². The van der Waals surface area contributed by atoms with Crippen LogP contribution in [0.15, 0.2) is 62.0 Å². The molecular formula is C22H28BO2S2-. The fourth-order valence-electron chi connectivity index (χ4n) is 4.05. The summed E-state index contributed by atoms with van der Waals surface area (Å²) < 4.78 is 13.6. The highest BCUT2D eigenvalue weighted by molar-refractivity contribution is 8.05. The molecule has 1 fully saturated rings. The van der Waals surface area contributed by atoms with Crippen molar-refractivity contribution in [3.63, 3.8) is 0 Å². The molecule has 0 saturated carbocycles. The van der Waals surface area contributed by atoms with E-state index >= 15 is 0 Å². The third-order valence-electron chi connectivity index (χ3n) is 6.12. The average molecular weight is 399 g/mol. The molecule has 0 bridgehead atoms. The summed E-state index contributed by atoms with van der Waals surface area (Å²) in [5.74, 6) is 0. The van der Waals surface area contributed by atoms with Crippen molar-refractivity contribution >= 4 is 35.5 Å². The van der Waals surface area contributed by atoms with Crippen molar-refractivity contribution in [1.82, 2.24) is 0 Å². The van der Waals surface area contributed by atoms with Crippen LogP contribution in [0.1, 0.15) is 47.5 Å². The normalized spacial score (nSPS) is 21.5. The zero-order valence-corrected chi connectivity index (χ0v) is 18.5. The Labute approximate surface area is 171 Å². The molecule has 2 aliphatic heterocycles. The van der Waals surface area contributed by atoms with Crippen molar-refractivity contribution in [2.75, 3.05) is 0 Å². The van der Waals surface area contributed by atoms with Gasteiger partial charge in [0, 0.05) is 25.9 Å². The first-order chi connectivity index (χ1) is 12.8. The fourth-order valence-corrected chi connectivity index (χ4v) is 6.53. The number of benzene rings is 2. The van der Waals surface area contributed by atoms with Crippen molar-refractivity contribution in [3.8, 4) is 0 Å². The molecule has 2 heterocycles. The van der Waals surface area contributed by atoms with Crippen LogP contribution in [0.2, 0.25) is 6.32 Å². The highest BCUT2D eigenvalue weighted by Gasteiger charge is 2.52. The summed E-state index contributed by atoms with van der Waals surface area (Å²) in [6.45, 7) is 9.36. The predicted molar refractivity (Wildman–Crippen MR) is 117 cm³/mol. The molecule has 0 amide bonds. The van der Waals surface area contributed by atoms with Gasteiger partial charge in [-0.2, -0.15) is 0 Å². The van der Waals surface area contributed by atoms with Crippen molar-refractivity contribution < 1.29 is 9.31 Å². The molecule has 2 aromatic carbocycles. The number of hydrogen-bond acceptors (Lipinski definition) is 4. The molecule has 2 nitrogen and oxygen atoms in total. The van der Waals surface area contributed by atoms with Gasteiger partial charge >= 0.3 is 0 Å². The van der Waals surface area contributed by atoms with Crippen molar-refractivity contribution in [1.29, 1.82) is 0 Å². The molecule has 5 heteroatoms. The Kier molecular flexibility index (Phi) is 4.95.